The van der Waals surface area contributed by atoms with E-state index in [0.29, 0.717) is 41.0 Å². The molecule has 2 aliphatic rings. The van der Waals surface area contributed by atoms with E-state index < -0.39 is 11.9 Å². The molecule has 1 N–H and O–H groups in total. The number of anilines is 2. The van der Waals surface area contributed by atoms with Crippen molar-refractivity contribution in [3.63, 3.8) is 0 Å². The van der Waals surface area contributed by atoms with Gasteiger partial charge in [-0.2, -0.15) is 0 Å². The summed E-state index contributed by atoms with van der Waals surface area (Å²) in [6, 6.07) is 5.31. The van der Waals surface area contributed by atoms with Gasteiger partial charge in [-0.25, -0.2) is 4.79 Å². The first-order valence-electron chi connectivity index (χ1n) is 9.58. The molecule has 2 aromatic rings. The maximum Gasteiger partial charge on any atom is 0.341 e. The minimum absolute atomic E-state index is 0.0944. The normalized spacial score (nSPS) is 17.8. The quantitative estimate of drug-likeness (QED) is 0.750. The van der Waals surface area contributed by atoms with Gasteiger partial charge in [0, 0.05) is 29.6 Å². The molecule has 1 unspecified atom stereocenters. The molecule has 158 valence electrons. The second kappa shape index (κ2) is 7.98. The van der Waals surface area contributed by atoms with E-state index in [0.717, 1.165) is 10.4 Å². The molecule has 1 saturated heterocycles. The Kier molecular flexibility index (Phi) is 5.38. The molecule has 2 aliphatic heterocycles. The van der Waals surface area contributed by atoms with E-state index in [1.165, 1.54) is 18.4 Å². The highest BCUT2D eigenvalue weighted by Crippen LogP contribution is 2.37. The van der Waals surface area contributed by atoms with Gasteiger partial charge in [0.05, 0.1) is 18.6 Å². The molecule has 9 heteroatoms. The Balaban J connectivity index is 1.50. The van der Waals surface area contributed by atoms with Crippen molar-refractivity contribution >= 4 is 39.8 Å². The lowest BCUT2D eigenvalue weighted by Crippen LogP contribution is -2.28. The van der Waals surface area contributed by atoms with Crippen LogP contribution < -0.4 is 19.7 Å². The van der Waals surface area contributed by atoms with Crippen LogP contribution in [0.5, 0.6) is 11.5 Å². The average Bonchev–Trinajstić information content (AvgIpc) is 3.26. The highest BCUT2D eigenvalue weighted by Gasteiger charge is 2.36. The third kappa shape index (κ3) is 3.60. The number of nitrogens with one attached hydrogen (secondary N) is 1. The number of amides is 2. The van der Waals surface area contributed by atoms with Gasteiger partial charge in [0.25, 0.3) is 0 Å². The summed E-state index contributed by atoms with van der Waals surface area (Å²) in [4.78, 5) is 40.1. The number of hydrogen-bond donors (Lipinski definition) is 1. The van der Waals surface area contributed by atoms with E-state index in [4.69, 9.17) is 14.2 Å². The third-order valence-electron chi connectivity index (χ3n) is 5.34. The number of carbonyl (C=O) groups excluding carboxylic acids is 3. The van der Waals surface area contributed by atoms with Crippen molar-refractivity contribution in [2.24, 2.45) is 5.92 Å². The number of benzene rings is 1. The number of carbonyl (C=O) groups is 3. The molecule has 8 nitrogen and oxygen atoms in total. The fraction of sp³-hybridized carbons (Fsp3) is 0.381. The van der Waals surface area contributed by atoms with E-state index in [9.17, 15) is 14.4 Å². The molecule has 0 aliphatic carbocycles. The molecule has 0 spiro atoms. The van der Waals surface area contributed by atoms with Crippen molar-refractivity contribution in [3.8, 4) is 11.5 Å². The Morgan fingerprint density at radius 2 is 1.93 bits per heavy atom. The largest absolute Gasteiger partial charge is 0.486 e. The predicted octanol–water partition coefficient (Wildman–Crippen LogP) is 2.91. The summed E-state index contributed by atoms with van der Waals surface area (Å²) < 4.78 is 16.0. The zero-order valence-corrected chi connectivity index (χ0v) is 17.8. The number of methoxy groups -OCH3 is 1. The van der Waals surface area contributed by atoms with Crippen molar-refractivity contribution in [1.82, 2.24) is 0 Å². The third-order valence-corrected chi connectivity index (χ3v) is 6.47. The Morgan fingerprint density at radius 1 is 1.20 bits per heavy atom. The van der Waals surface area contributed by atoms with Crippen LogP contribution in [0.25, 0.3) is 0 Å². The van der Waals surface area contributed by atoms with Gasteiger partial charge in [0.15, 0.2) is 11.5 Å². The summed E-state index contributed by atoms with van der Waals surface area (Å²) in [5.74, 6) is -0.226. The second-order valence-electron chi connectivity index (χ2n) is 7.20. The SMILES string of the molecule is COC(=O)c1c(NC(=O)C2CC(=O)N(c3ccc4c(c3)OCCO4)C2)sc(C)c1C. The predicted molar refractivity (Wildman–Crippen MR) is 112 cm³/mol. The minimum atomic E-state index is -0.529. The van der Waals surface area contributed by atoms with Crippen molar-refractivity contribution in [2.75, 3.05) is 37.1 Å². The molecular weight excluding hydrogens is 408 g/mol. The van der Waals surface area contributed by atoms with Crippen molar-refractivity contribution in [3.05, 3.63) is 34.2 Å². The Hall–Kier alpha value is -3.07. The lowest BCUT2D eigenvalue weighted by Gasteiger charge is -2.22. The van der Waals surface area contributed by atoms with Crippen LogP contribution in [-0.4, -0.2) is 44.7 Å². The van der Waals surface area contributed by atoms with E-state index in [1.54, 1.807) is 23.1 Å². The lowest BCUT2D eigenvalue weighted by atomic mass is 10.1. The maximum absolute atomic E-state index is 12.9. The highest BCUT2D eigenvalue weighted by molar-refractivity contribution is 7.16. The van der Waals surface area contributed by atoms with Gasteiger partial charge in [0.2, 0.25) is 11.8 Å². The molecule has 2 amide bonds. The van der Waals surface area contributed by atoms with Gasteiger partial charge in [0.1, 0.15) is 18.2 Å². The van der Waals surface area contributed by atoms with Crippen LogP contribution in [0.15, 0.2) is 18.2 Å². The van der Waals surface area contributed by atoms with Crippen LogP contribution in [0.2, 0.25) is 0 Å². The molecule has 4 rings (SSSR count). The Morgan fingerprint density at radius 3 is 2.67 bits per heavy atom. The molecule has 1 fully saturated rings. The summed E-state index contributed by atoms with van der Waals surface area (Å²) in [6.45, 7) is 4.90. The fourth-order valence-corrected chi connectivity index (χ4v) is 4.66. The van der Waals surface area contributed by atoms with Crippen LogP contribution in [0.1, 0.15) is 27.2 Å². The summed E-state index contributed by atoms with van der Waals surface area (Å²) in [5, 5.41) is 3.28. The van der Waals surface area contributed by atoms with Crippen LogP contribution in [-0.2, 0) is 14.3 Å². The summed E-state index contributed by atoms with van der Waals surface area (Å²) in [6.07, 6.45) is 0.0944. The number of nitrogens with zero attached hydrogens (tertiary/aromatic N) is 1. The fourth-order valence-electron chi connectivity index (χ4n) is 3.61. The lowest BCUT2D eigenvalue weighted by molar-refractivity contribution is -0.122. The highest BCUT2D eigenvalue weighted by atomic mass is 32.1. The zero-order valence-electron chi connectivity index (χ0n) is 16.9. The number of thiophene rings is 1. The Labute approximate surface area is 177 Å². The van der Waals surface area contributed by atoms with Gasteiger partial charge in [-0.15, -0.1) is 11.3 Å². The summed E-state index contributed by atoms with van der Waals surface area (Å²) in [7, 11) is 1.31. The number of ether oxygens (including phenoxy) is 3. The average molecular weight is 430 g/mol. The smallest absolute Gasteiger partial charge is 0.341 e. The van der Waals surface area contributed by atoms with Gasteiger partial charge < -0.3 is 24.4 Å². The Bertz CT molecular complexity index is 1030. The number of aryl methyl sites for hydroxylation is 1. The molecule has 1 aromatic carbocycles. The van der Waals surface area contributed by atoms with Crippen molar-refractivity contribution in [1.29, 1.82) is 0 Å². The maximum atomic E-state index is 12.9. The van der Waals surface area contributed by atoms with Crippen LogP contribution in [0, 0.1) is 19.8 Å². The van der Waals surface area contributed by atoms with Gasteiger partial charge in [-0.05, 0) is 31.5 Å². The first kappa shape index (κ1) is 20.2. The molecule has 30 heavy (non-hydrogen) atoms. The number of fused-ring (bicyclic) bond motifs is 1. The molecule has 1 aromatic heterocycles. The zero-order chi connectivity index (χ0) is 21.4. The van der Waals surface area contributed by atoms with Crippen LogP contribution >= 0.6 is 11.3 Å². The van der Waals surface area contributed by atoms with Crippen LogP contribution in [0.3, 0.4) is 0 Å². The topological polar surface area (TPSA) is 94.2 Å². The van der Waals surface area contributed by atoms with E-state index >= 15 is 0 Å². The van der Waals surface area contributed by atoms with E-state index in [1.807, 2.05) is 13.8 Å². The van der Waals surface area contributed by atoms with E-state index in [2.05, 4.69) is 5.32 Å². The second-order valence-corrected chi connectivity index (χ2v) is 8.43. The first-order chi connectivity index (χ1) is 14.4. The van der Waals surface area contributed by atoms with Gasteiger partial charge >= 0.3 is 5.97 Å². The van der Waals surface area contributed by atoms with Crippen LogP contribution in [0.4, 0.5) is 10.7 Å². The van der Waals surface area contributed by atoms with Gasteiger partial charge in [-0.3, -0.25) is 9.59 Å². The molecule has 3 heterocycles. The molecule has 1 atom stereocenters. The number of esters is 1. The van der Waals surface area contributed by atoms with E-state index in [-0.39, 0.29) is 24.8 Å². The summed E-state index contributed by atoms with van der Waals surface area (Å²) in [5.41, 5.74) is 1.81. The molecule has 0 bridgehead atoms. The number of hydrogen-bond acceptors (Lipinski definition) is 7. The summed E-state index contributed by atoms with van der Waals surface area (Å²) >= 11 is 1.32. The molecule has 0 saturated carbocycles. The monoisotopic (exact) mass is 430 g/mol. The molecule has 0 radical (unpaired) electrons. The van der Waals surface area contributed by atoms with Crippen molar-refractivity contribution in [2.45, 2.75) is 20.3 Å². The minimum Gasteiger partial charge on any atom is -0.486 e. The van der Waals surface area contributed by atoms with Crippen molar-refractivity contribution < 1.29 is 28.6 Å². The first-order valence-corrected chi connectivity index (χ1v) is 10.4. The number of rotatable bonds is 4. The molecular formula is C21H22N2O6S. The standard InChI is InChI=1S/C21H22N2O6S/c1-11-12(2)30-20(18(11)21(26)27-3)22-19(25)13-8-17(24)23(10-13)14-4-5-15-16(9-14)29-7-6-28-15/h4-5,9,13H,6-8,10H2,1-3H3,(H,22,25). The van der Waals surface area contributed by atoms with Gasteiger partial charge in [-0.1, -0.05) is 0 Å².